The molecule has 1 N–H and O–H groups in total. The van der Waals surface area contributed by atoms with Crippen LogP contribution in [0.4, 0.5) is 5.69 Å². The van der Waals surface area contributed by atoms with Crippen molar-refractivity contribution in [3.8, 4) is 0 Å². The number of carbonyl (C=O) groups is 2. The highest BCUT2D eigenvalue weighted by Crippen LogP contribution is 2.21. The number of amides is 2. The molecule has 0 saturated carbocycles. The molecule has 1 aromatic carbocycles. The zero-order valence-corrected chi connectivity index (χ0v) is 19.8. The van der Waals surface area contributed by atoms with Gasteiger partial charge in [-0.3, -0.25) is 14.3 Å². The standard InChI is InChI=1S/C24H32N6O3/c1-5-30-17(3)23(16(2)27-30)26-24(32)20-15-29(13-14-33-20)22(31)12-8-11-21-25-18-9-6-7-10-19(18)28(21)4/h6-7,9-10,20H,5,8,11-15H2,1-4H3,(H,26,32). The van der Waals surface area contributed by atoms with Crippen molar-refractivity contribution in [2.24, 2.45) is 7.05 Å². The molecule has 33 heavy (non-hydrogen) atoms. The van der Waals surface area contributed by atoms with Gasteiger partial charge in [0, 0.05) is 33.0 Å². The lowest BCUT2D eigenvalue weighted by Gasteiger charge is -2.32. The fourth-order valence-electron chi connectivity index (χ4n) is 4.40. The number of aromatic nitrogens is 4. The van der Waals surface area contributed by atoms with Crippen LogP contribution in [0, 0.1) is 13.8 Å². The summed E-state index contributed by atoms with van der Waals surface area (Å²) in [6.45, 7) is 7.66. The molecule has 2 amide bonds. The first-order valence-electron chi connectivity index (χ1n) is 11.5. The summed E-state index contributed by atoms with van der Waals surface area (Å²) in [5, 5.41) is 7.39. The summed E-state index contributed by atoms with van der Waals surface area (Å²) in [7, 11) is 2.01. The molecular formula is C24H32N6O3. The predicted molar refractivity (Wildman–Crippen MR) is 126 cm³/mol. The molecule has 0 aliphatic carbocycles. The predicted octanol–water partition coefficient (Wildman–Crippen LogP) is 2.60. The number of hydrogen-bond donors (Lipinski definition) is 1. The number of anilines is 1. The fourth-order valence-corrected chi connectivity index (χ4v) is 4.40. The smallest absolute Gasteiger partial charge is 0.255 e. The zero-order valence-electron chi connectivity index (χ0n) is 19.8. The highest BCUT2D eigenvalue weighted by Gasteiger charge is 2.30. The number of carbonyl (C=O) groups excluding carboxylic acids is 2. The van der Waals surface area contributed by atoms with E-state index >= 15 is 0 Å². The van der Waals surface area contributed by atoms with Crippen molar-refractivity contribution in [3.05, 3.63) is 41.5 Å². The second kappa shape index (κ2) is 9.74. The number of rotatable bonds is 7. The van der Waals surface area contributed by atoms with Gasteiger partial charge in [-0.1, -0.05) is 12.1 Å². The summed E-state index contributed by atoms with van der Waals surface area (Å²) in [6, 6.07) is 8.03. The Hall–Kier alpha value is -3.20. The van der Waals surface area contributed by atoms with E-state index in [1.165, 1.54) is 0 Å². The second-order valence-electron chi connectivity index (χ2n) is 8.48. The molecule has 4 rings (SSSR count). The van der Waals surface area contributed by atoms with Crippen molar-refractivity contribution in [1.82, 2.24) is 24.2 Å². The Kier molecular flexibility index (Phi) is 6.78. The number of benzene rings is 1. The van der Waals surface area contributed by atoms with E-state index in [2.05, 4.69) is 20.0 Å². The van der Waals surface area contributed by atoms with Crippen LogP contribution in [-0.2, 0) is 34.3 Å². The van der Waals surface area contributed by atoms with Crippen molar-refractivity contribution in [3.63, 3.8) is 0 Å². The normalized spacial score (nSPS) is 16.4. The molecule has 1 aliphatic heterocycles. The molecule has 1 aliphatic rings. The van der Waals surface area contributed by atoms with Crippen molar-refractivity contribution >= 4 is 28.5 Å². The summed E-state index contributed by atoms with van der Waals surface area (Å²) < 4.78 is 9.62. The maximum atomic E-state index is 12.8. The van der Waals surface area contributed by atoms with Crippen LogP contribution >= 0.6 is 0 Å². The van der Waals surface area contributed by atoms with Crippen LogP contribution in [0.3, 0.4) is 0 Å². The maximum Gasteiger partial charge on any atom is 0.255 e. The summed E-state index contributed by atoms with van der Waals surface area (Å²) >= 11 is 0. The van der Waals surface area contributed by atoms with Crippen LogP contribution < -0.4 is 5.32 Å². The van der Waals surface area contributed by atoms with E-state index in [-0.39, 0.29) is 18.4 Å². The zero-order chi connectivity index (χ0) is 23.5. The Morgan fingerprint density at radius 1 is 1.24 bits per heavy atom. The summed E-state index contributed by atoms with van der Waals surface area (Å²) in [4.78, 5) is 32.1. The molecule has 3 aromatic rings. The molecule has 1 fully saturated rings. The first-order chi connectivity index (χ1) is 15.9. The molecule has 1 unspecified atom stereocenters. The van der Waals surface area contributed by atoms with Gasteiger partial charge >= 0.3 is 0 Å². The molecule has 2 aromatic heterocycles. The van der Waals surface area contributed by atoms with E-state index < -0.39 is 6.10 Å². The number of nitrogens with one attached hydrogen (secondary N) is 1. The van der Waals surface area contributed by atoms with Crippen LogP contribution in [-0.4, -0.2) is 61.8 Å². The topological polar surface area (TPSA) is 94.3 Å². The van der Waals surface area contributed by atoms with Gasteiger partial charge in [0.1, 0.15) is 5.82 Å². The Labute approximate surface area is 193 Å². The Morgan fingerprint density at radius 2 is 2.03 bits per heavy atom. The van der Waals surface area contributed by atoms with Crippen LogP contribution in [0.2, 0.25) is 0 Å². The number of hydrogen-bond acceptors (Lipinski definition) is 5. The lowest BCUT2D eigenvalue weighted by atomic mass is 10.1. The monoisotopic (exact) mass is 452 g/mol. The van der Waals surface area contributed by atoms with Gasteiger partial charge in [0.05, 0.1) is 41.3 Å². The average Bonchev–Trinajstić information content (AvgIpc) is 3.29. The minimum atomic E-state index is -0.689. The van der Waals surface area contributed by atoms with Crippen LogP contribution in [0.15, 0.2) is 24.3 Å². The van der Waals surface area contributed by atoms with Crippen molar-refractivity contribution < 1.29 is 14.3 Å². The third-order valence-corrected chi connectivity index (χ3v) is 6.31. The van der Waals surface area contributed by atoms with Crippen molar-refractivity contribution in [2.75, 3.05) is 25.0 Å². The first-order valence-corrected chi connectivity index (χ1v) is 11.5. The van der Waals surface area contributed by atoms with Gasteiger partial charge in [0.2, 0.25) is 5.91 Å². The molecule has 0 radical (unpaired) electrons. The van der Waals surface area contributed by atoms with Gasteiger partial charge < -0.3 is 19.5 Å². The maximum absolute atomic E-state index is 12.8. The summed E-state index contributed by atoms with van der Waals surface area (Å²) in [5.74, 6) is 0.775. The summed E-state index contributed by atoms with van der Waals surface area (Å²) in [6.07, 6.45) is 1.16. The van der Waals surface area contributed by atoms with Gasteiger partial charge in [-0.25, -0.2) is 4.98 Å². The van der Waals surface area contributed by atoms with Crippen molar-refractivity contribution in [2.45, 2.75) is 52.7 Å². The minimum absolute atomic E-state index is 0.0426. The first kappa shape index (κ1) is 23.0. The molecule has 3 heterocycles. The second-order valence-corrected chi connectivity index (χ2v) is 8.48. The van der Waals surface area contributed by atoms with E-state index in [0.717, 1.165) is 46.9 Å². The van der Waals surface area contributed by atoms with Crippen LogP contribution in [0.5, 0.6) is 0 Å². The van der Waals surface area contributed by atoms with Crippen molar-refractivity contribution in [1.29, 1.82) is 0 Å². The number of morpholine rings is 1. The number of para-hydroxylation sites is 2. The Bertz CT molecular complexity index is 1160. The quantitative estimate of drug-likeness (QED) is 0.595. The summed E-state index contributed by atoms with van der Waals surface area (Å²) in [5.41, 5.74) is 4.47. The van der Waals surface area contributed by atoms with Gasteiger partial charge in [0.25, 0.3) is 5.91 Å². The molecule has 0 bridgehead atoms. The highest BCUT2D eigenvalue weighted by molar-refractivity contribution is 5.95. The van der Waals surface area contributed by atoms with Gasteiger partial charge in [-0.2, -0.15) is 5.10 Å². The Morgan fingerprint density at radius 3 is 2.76 bits per heavy atom. The lowest BCUT2D eigenvalue weighted by molar-refractivity contribution is -0.144. The SMILES string of the molecule is CCn1nc(C)c(NC(=O)C2CN(C(=O)CCCc3nc4ccccc4n3C)CCO2)c1C. The van der Waals surface area contributed by atoms with Crippen LogP contribution in [0.1, 0.15) is 37.0 Å². The van der Waals surface area contributed by atoms with Crippen LogP contribution in [0.25, 0.3) is 11.0 Å². The molecule has 9 nitrogen and oxygen atoms in total. The number of imidazole rings is 1. The third kappa shape index (κ3) is 4.78. The molecule has 1 atom stereocenters. The molecular weight excluding hydrogens is 420 g/mol. The number of nitrogens with zero attached hydrogens (tertiary/aromatic N) is 5. The number of aryl methyl sites for hydroxylation is 4. The minimum Gasteiger partial charge on any atom is -0.365 e. The van der Waals surface area contributed by atoms with E-state index in [9.17, 15) is 9.59 Å². The molecule has 9 heteroatoms. The molecule has 1 saturated heterocycles. The average molecular weight is 453 g/mol. The largest absolute Gasteiger partial charge is 0.365 e. The van der Waals surface area contributed by atoms with E-state index in [1.807, 2.05) is 56.8 Å². The number of ether oxygens (including phenoxy) is 1. The Balaban J connectivity index is 1.31. The third-order valence-electron chi connectivity index (χ3n) is 6.31. The molecule has 0 spiro atoms. The highest BCUT2D eigenvalue weighted by atomic mass is 16.5. The van der Waals surface area contributed by atoms with Gasteiger partial charge in [-0.15, -0.1) is 0 Å². The lowest BCUT2D eigenvalue weighted by Crippen LogP contribution is -2.50. The van der Waals surface area contributed by atoms with Gasteiger partial charge in [-0.05, 0) is 39.3 Å². The number of fused-ring (bicyclic) bond motifs is 1. The van der Waals surface area contributed by atoms with E-state index in [1.54, 1.807) is 4.90 Å². The fraction of sp³-hybridized carbons (Fsp3) is 0.500. The molecule has 176 valence electrons. The van der Waals surface area contributed by atoms with E-state index in [4.69, 9.17) is 4.74 Å². The van der Waals surface area contributed by atoms with Gasteiger partial charge in [0.15, 0.2) is 6.10 Å². The van der Waals surface area contributed by atoms with E-state index in [0.29, 0.717) is 26.0 Å².